The topological polar surface area (TPSA) is 108 Å². The van der Waals surface area contributed by atoms with Crippen molar-refractivity contribution in [2.24, 2.45) is 0 Å². The summed E-state index contributed by atoms with van der Waals surface area (Å²) in [5.74, 6) is -1.14. The van der Waals surface area contributed by atoms with Gasteiger partial charge in [0.2, 0.25) is 5.78 Å². The van der Waals surface area contributed by atoms with Gasteiger partial charge >= 0.3 is 5.97 Å². The van der Waals surface area contributed by atoms with Crippen molar-refractivity contribution in [1.82, 2.24) is 0 Å². The molecule has 0 aliphatic rings. The van der Waals surface area contributed by atoms with Crippen molar-refractivity contribution in [3.63, 3.8) is 0 Å². The Balaban J connectivity index is 2.14. The number of hydrogen-bond donors (Lipinski definition) is 1. The first-order valence-electron chi connectivity index (χ1n) is 9.08. The third kappa shape index (κ3) is 5.61. The van der Waals surface area contributed by atoms with Gasteiger partial charge in [-0.05, 0) is 50.1 Å². The molecule has 0 saturated carbocycles. The fraction of sp³-hybridized carbons (Fsp3) is 0.333. The highest BCUT2D eigenvalue weighted by Gasteiger charge is 2.23. The largest absolute Gasteiger partial charge is 0.451 e. The normalized spacial score (nSPS) is 11.6. The van der Waals surface area contributed by atoms with Crippen LogP contribution in [0.3, 0.4) is 0 Å². The molecule has 0 radical (unpaired) electrons. The number of anilines is 1. The molecule has 0 saturated heterocycles. The minimum absolute atomic E-state index is 0.00581. The van der Waals surface area contributed by atoms with Gasteiger partial charge in [0, 0.05) is 25.3 Å². The zero-order valence-corrected chi connectivity index (χ0v) is 16.9. The molecular formula is C21H24N2O6. The maximum atomic E-state index is 12.5. The van der Waals surface area contributed by atoms with Gasteiger partial charge in [0.15, 0.2) is 6.10 Å². The highest BCUT2D eigenvalue weighted by atomic mass is 16.6. The van der Waals surface area contributed by atoms with Crippen LogP contribution in [-0.2, 0) is 9.47 Å². The summed E-state index contributed by atoms with van der Waals surface area (Å²) in [6.45, 7) is 6.06. The molecule has 29 heavy (non-hydrogen) atoms. The van der Waals surface area contributed by atoms with E-state index in [4.69, 9.17) is 9.47 Å². The van der Waals surface area contributed by atoms with Gasteiger partial charge in [-0.1, -0.05) is 12.1 Å². The molecule has 2 aromatic rings. The second-order valence-electron chi connectivity index (χ2n) is 6.62. The summed E-state index contributed by atoms with van der Waals surface area (Å²) in [6.07, 6.45) is -1.02. The minimum Gasteiger partial charge on any atom is -0.451 e. The molecule has 0 aliphatic carbocycles. The summed E-state index contributed by atoms with van der Waals surface area (Å²) in [6, 6.07) is 9.23. The molecule has 0 fully saturated rings. The average molecular weight is 400 g/mol. The summed E-state index contributed by atoms with van der Waals surface area (Å²) < 4.78 is 10.1. The van der Waals surface area contributed by atoms with Gasteiger partial charge in [-0.15, -0.1) is 0 Å². The molecule has 1 atom stereocenters. The zero-order valence-electron chi connectivity index (χ0n) is 16.9. The Hall–Kier alpha value is -3.26. The van der Waals surface area contributed by atoms with Crippen LogP contribution in [-0.4, -0.2) is 43.0 Å². The Bertz CT molecular complexity index is 925. The summed E-state index contributed by atoms with van der Waals surface area (Å²) >= 11 is 0. The molecule has 0 bridgehead atoms. The average Bonchev–Trinajstić information content (AvgIpc) is 2.69. The number of nitro groups is 1. The summed E-state index contributed by atoms with van der Waals surface area (Å²) in [5, 5.41) is 14.2. The van der Waals surface area contributed by atoms with Crippen LogP contribution in [0.25, 0.3) is 0 Å². The van der Waals surface area contributed by atoms with Gasteiger partial charge in [0.25, 0.3) is 5.69 Å². The van der Waals surface area contributed by atoms with Crippen molar-refractivity contribution < 1.29 is 24.0 Å². The lowest BCUT2D eigenvalue weighted by molar-refractivity contribution is -0.384. The number of carbonyl (C=O) groups excluding carboxylic acids is 2. The molecule has 0 heterocycles. The van der Waals surface area contributed by atoms with Crippen molar-refractivity contribution in [2.45, 2.75) is 26.9 Å². The number of ketones is 1. The maximum absolute atomic E-state index is 12.5. The third-order valence-corrected chi connectivity index (χ3v) is 4.50. The Morgan fingerprint density at radius 2 is 1.79 bits per heavy atom. The first-order valence-corrected chi connectivity index (χ1v) is 9.08. The fourth-order valence-electron chi connectivity index (χ4n) is 2.66. The predicted octanol–water partition coefficient (Wildman–Crippen LogP) is 3.70. The molecule has 8 nitrogen and oxygen atoms in total. The number of aryl methyl sites for hydroxylation is 2. The number of esters is 1. The number of carbonyl (C=O) groups is 2. The highest BCUT2D eigenvalue weighted by molar-refractivity contribution is 6.01. The summed E-state index contributed by atoms with van der Waals surface area (Å²) in [5.41, 5.74) is 2.46. The molecule has 8 heteroatoms. The third-order valence-electron chi connectivity index (χ3n) is 4.50. The number of rotatable bonds is 9. The van der Waals surface area contributed by atoms with Crippen LogP contribution in [0.15, 0.2) is 36.4 Å². The van der Waals surface area contributed by atoms with Gasteiger partial charge in [-0.2, -0.15) is 0 Å². The van der Waals surface area contributed by atoms with E-state index in [2.05, 4.69) is 5.32 Å². The first-order chi connectivity index (χ1) is 13.7. The summed E-state index contributed by atoms with van der Waals surface area (Å²) in [7, 11) is 1.52. The van der Waals surface area contributed by atoms with Gasteiger partial charge in [0.05, 0.1) is 17.1 Å². The van der Waals surface area contributed by atoms with Gasteiger partial charge < -0.3 is 14.8 Å². The Labute approximate surface area is 169 Å². The minimum atomic E-state index is -1.02. The molecule has 0 aromatic heterocycles. The van der Waals surface area contributed by atoms with Crippen molar-refractivity contribution in [2.75, 3.05) is 25.6 Å². The monoisotopic (exact) mass is 400 g/mol. The van der Waals surface area contributed by atoms with Crippen LogP contribution >= 0.6 is 0 Å². The van der Waals surface area contributed by atoms with E-state index in [-0.39, 0.29) is 22.7 Å². The SMILES string of the molecule is COCCNc1ccc(C(=O)O[C@@H](C)C(=O)c2ccc(C)c(C)c2)cc1[N+](=O)[O-]. The Morgan fingerprint density at radius 1 is 1.10 bits per heavy atom. The van der Waals surface area contributed by atoms with Gasteiger partial charge in [0.1, 0.15) is 5.69 Å². The lowest BCUT2D eigenvalue weighted by Gasteiger charge is -2.14. The second kappa shape index (κ2) is 9.79. The number of benzene rings is 2. The van der Waals surface area contributed by atoms with E-state index in [9.17, 15) is 19.7 Å². The van der Waals surface area contributed by atoms with Crippen LogP contribution in [0.4, 0.5) is 11.4 Å². The smallest absolute Gasteiger partial charge is 0.339 e. The van der Waals surface area contributed by atoms with Crippen molar-refractivity contribution in [1.29, 1.82) is 0 Å². The molecule has 0 aliphatic heterocycles. The molecular weight excluding hydrogens is 376 g/mol. The lowest BCUT2D eigenvalue weighted by atomic mass is 10.0. The van der Waals surface area contributed by atoms with E-state index < -0.39 is 17.0 Å². The number of methoxy groups -OCH3 is 1. The molecule has 2 rings (SSSR count). The van der Waals surface area contributed by atoms with Crippen LogP contribution < -0.4 is 5.32 Å². The molecule has 1 N–H and O–H groups in total. The molecule has 154 valence electrons. The highest BCUT2D eigenvalue weighted by Crippen LogP contribution is 2.26. The number of ether oxygens (including phenoxy) is 2. The first kappa shape index (κ1) is 22.0. The van der Waals surface area contributed by atoms with Crippen LogP contribution in [0.5, 0.6) is 0 Å². The molecule has 0 unspecified atom stereocenters. The summed E-state index contributed by atoms with van der Waals surface area (Å²) in [4.78, 5) is 35.7. The quantitative estimate of drug-likeness (QED) is 0.225. The fourth-order valence-corrected chi connectivity index (χ4v) is 2.66. The number of Topliss-reactive ketones (excluding diaryl/α,β-unsaturated/α-hetero) is 1. The number of hydrogen-bond acceptors (Lipinski definition) is 7. The Morgan fingerprint density at radius 3 is 2.41 bits per heavy atom. The molecule has 2 aromatic carbocycles. The predicted molar refractivity (Wildman–Crippen MR) is 109 cm³/mol. The number of nitrogens with zero attached hydrogens (tertiary/aromatic N) is 1. The molecule has 0 amide bonds. The van der Waals surface area contributed by atoms with Crippen LogP contribution in [0.1, 0.15) is 38.8 Å². The van der Waals surface area contributed by atoms with Crippen molar-refractivity contribution in [3.05, 3.63) is 68.8 Å². The van der Waals surface area contributed by atoms with E-state index in [1.54, 1.807) is 12.1 Å². The Kier molecular flexibility index (Phi) is 7.44. The van der Waals surface area contributed by atoms with Crippen molar-refractivity contribution >= 4 is 23.1 Å². The standard InChI is InChI=1S/C21H24N2O6/c1-13-5-6-16(11-14(13)2)20(24)15(3)29-21(25)17-7-8-18(22-9-10-28-4)19(12-17)23(26)27/h5-8,11-12,15,22H,9-10H2,1-4H3/t15-/m0/s1. The van der Waals surface area contributed by atoms with Crippen molar-refractivity contribution in [3.8, 4) is 0 Å². The van der Waals surface area contributed by atoms with Gasteiger partial charge in [-0.3, -0.25) is 14.9 Å². The molecule has 0 spiro atoms. The number of nitrogens with one attached hydrogen (secondary N) is 1. The number of nitro benzene ring substituents is 1. The zero-order chi connectivity index (χ0) is 21.6. The van der Waals surface area contributed by atoms with E-state index >= 15 is 0 Å². The van der Waals surface area contributed by atoms with Gasteiger partial charge in [-0.25, -0.2) is 4.79 Å². The maximum Gasteiger partial charge on any atom is 0.339 e. The van der Waals surface area contributed by atoms with E-state index in [1.165, 1.54) is 26.2 Å². The van der Waals surface area contributed by atoms with E-state index in [1.807, 2.05) is 19.9 Å². The lowest BCUT2D eigenvalue weighted by Crippen LogP contribution is -2.24. The second-order valence-corrected chi connectivity index (χ2v) is 6.62. The van der Waals surface area contributed by atoms with Crippen LogP contribution in [0.2, 0.25) is 0 Å². The van der Waals surface area contributed by atoms with E-state index in [0.717, 1.165) is 17.2 Å². The van der Waals surface area contributed by atoms with Crippen LogP contribution in [0, 0.1) is 24.0 Å². The van der Waals surface area contributed by atoms with E-state index in [0.29, 0.717) is 18.7 Å².